The van der Waals surface area contributed by atoms with Gasteiger partial charge >= 0.3 is 0 Å². The summed E-state index contributed by atoms with van der Waals surface area (Å²) in [5, 5.41) is 2.78. The van der Waals surface area contributed by atoms with E-state index in [4.69, 9.17) is 0 Å². The molecule has 3 aromatic rings. The van der Waals surface area contributed by atoms with E-state index in [1.54, 1.807) is 6.07 Å². The number of rotatable bonds is 5. The Hall–Kier alpha value is -3.00. The molecule has 128 valence electrons. The van der Waals surface area contributed by atoms with Crippen LogP contribution in [0, 0.1) is 11.6 Å². The van der Waals surface area contributed by atoms with Crippen molar-refractivity contribution in [1.82, 2.24) is 4.98 Å². The Balaban J connectivity index is 1.92. The molecule has 0 amide bonds. The van der Waals surface area contributed by atoms with Crippen molar-refractivity contribution in [3.8, 4) is 0 Å². The van der Waals surface area contributed by atoms with Crippen molar-refractivity contribution in [1.29, 1.82) is 0 Å². The molecule has 25 heavy (non-hydrogen) atoms. The maximum atomic E-state index is 13.3. The number of aromatic nitrogens is 1. The lowest BCUT2D eigenvalue weighted by Gasteiger charge is -2.13. The summed E-state index contributed by atoms with van der Waals surface area (Å²) in [5.74, 6) is -0.893. The van der Waals surface area contributed by atoms with Gasteiger partial charge in [-0.25, -0.2) is 22.2 Å². The highest BCUT2D eigenvalue weighted by Crippen LogP contribution is 2.25. The van der Waals surface area contributed by atoms with Gasteiger partial charge < -0.3 is 5.32 Å². The standard InChI is InChI=1S/C17H13F2N3O2S/c18-12-6-8-14(9-7-12)22-25(23,24)16-5-2-10-20-17(16)21-15-4-1-3-13(19)11-15/h1-11,22H,(H,20,21). The van der Waals surface area contributed by atoms with Gasteiger partial charge in [0.15, 0.2) is 5.82 Å². The zero-order chi connectivity index (χ0) is 17.9. The fraction of sp³-hybridized carbons (Fsp3) is 0. The molecular weight excluding hydrogens is 348 g/mol. The Morgan fingerprint density at radius 3 is 2.32 bits per heavy atom. The molecule has 0 saturated heterocycles. The SMILES string of the molecule is O=S(=O)(Nc1ccc(F)cc1)c1cccnc1Nc1cccc(F)c1. The van der Waals surface area contributed by atoms with Crippen molar-refractivity contribution in [2.45, 2.75) is 4.90 Å². The van der Waals surface area contributed by atoms with Crippen molar-refractivity contribution in [3.05, 3.63) is 78.5 Å². The van der Waals surface area contributed by atoms with E-state index in [-0.39, 0.29) is 16.4 Å². The normalized spacial score (nSPS) is 11.1. The number of pyridine rings is 1. The molecule has 0 unspecified atom stereocenters. The molecule has 0 radical (unpaired) electrons. The number of nitrogens with zero attached hydrogens (tertiary/aromatic N) is 1. The maximum Gasteiger partial charge on any atom is 0.265 e. The van der Waals surface area contributed by atoms with Gasteiger partial charge in [-0.3, -0.25) is 4.72 Å². The molecule has 1 aromatic heterocycles. The zero-order valence-corrected chi connectivity index (χ0v) is 13.6. The number of sulfonamides is 1. The van der Waals surface area contributed by atoms with E-state index in [1.807, 2.05) is 0 Å². The number of hydrogen-bond donors (Lipinski definition) is 2. The largest absolute Gasteiger partial charge is 0.339 e. The summed E-state index contributed by atoms with van der Waals surface area (Å²) in [5.41, 5.74) is 0.568. The predicted octanol–water partition coefficient (Wildman–Crippen LogP) is 3.90. The van der Waals surface area contributed by atoms with Crippen LogP contribution in [0.2, 0.25) is 0 Å². The van der Waals surface area contributed by atoms with E-state index in [0.29, 0.717) is 5.69 Å². The van der Waals surface area contributed by atoms with Crippen LogP contribution in [0.5, 0.6) is 0 Å². The summed E-state index contributed by atoms with van der Waals surface area (Å²) in [6.45, 7) is 0. The van der Waals surface area contributed by atoms with Crippen molar-refractivity contribution in [3.63, 3.8) is 0 Å². The van der Waals surface area contributed by atoms with Crippen LogP contribution in [0.15, 0.2) is 71.8 Å². The second-order valence-electron chi connectivity index (χ2n) is 5.10. The molecular formula is C17H13F2N3O2S. The molecule has 0 aliphatic heterocycles. The lowest BCUT2D eigenvalue weighted by atomic mass is 10.3. The Labute approximate surface area is 143 Å². The van der Waals surface area contributed by atoms with Gasteiger partial charge in [0.1, 0.15) is 16.5 Å². The first-order valence-corrected chi connectivity index (χ1v) is 8.68. The topological polar surface area (TPSA) is 71.1 Å². The zero-order valence-electron chi connectivity index (χ0n) is 12.8. The van der Waals surface area contributed by atoms with Gasteiger partial charge in [0.2, 0.25) is 0 Å². The fourth-order valence-electron chi connectivity index (χ4n) is 2.13. The number of hydrogen-bond acceptors (Lipinski definition) is 4. The average molecular weight is 361 g/mol. The summed E-state index contributed by atoms with van der Waals surface area (Å²) in [7, 11) is -3.98. The van der Waals surface area contributed by atoms with Crippen LogP contribution in [0.4, 0.5) is 26.0 Å². The van der Waals surface area contributed by atoms with Gasteiger partial charge in [-0.15, -0.1) is 0 Å². The highest BCUT2D eigenvalue weighted by Gasteiger charge is 2.20. The van der Waals surface area contributed by atoms with Crippen LogP contribution in [-0.2, 0) is 10.0 Å². The van der Waals surface area contributed by atoms with Crippen LogP contribution in [-0.4, -0.2) is 13.4 Å². The fourth-order valence-corrected chi connectivity index (χ4v) is 3.30. The minimum atomic E-state index is -3.98. The first kappa shape index (κ1) is 16.8. The average Bonchev–Trinajstić information content (AvgIpc) is 2.57. The quantitative estimate of drug-likeness (QED) is 0.723. The molecule has 0 aliphatic carbocycles. The molecule has 0 saturated carbocycles. The molecule has 0 spiro atoms. The van der Waals surface area contributed by atoms with Gasteiger partial charge in [-0.1, -0.05) is 6.07 Å². The number of benzene rings is 2. The third kappa shape index (κ3) is 4.10. The van der Waals surface area contributed by atoms with Crippen molar-refractivity contribution < 1.29 is 17.2 Å². The highest BCUT2D eigenvalue weighted by atomic mass is 32.2. The van der Waals surface area contributed by atoms with Gasteiger partial charge in [0, 0.05) is 17.6 Å². The van der Waals surface area contributed by atoms with Crippen molar-refractivity contribution in [2.24, 2.45) is 0 Å². The summed E-state index contributed by atoms with van der Waals surface area (Å²) in [4.78, 5) is 3.89. The highest BCUT2D eigenvalue weighted by molar-refractivity contribution is 7.92. The van der Waals surface area contributed by atoms with Crippen LogP contribution < -0.4 is 10.0 Å². The van der Waals surface area contributed by atoms with E-state index in [0.717, 1.165) is 12.1 Å². The second kappa shape index (κ2) is 6.86. The van der Waals surface area contributed by atoms with E-state index in [2.05, 4.69) is 15.0 Å². The molecule has 0 fully saturated rings. The van der Waals surface area contributed by atoms with Crippen LogP contribution >= 0.6 is 0 Å². The molecule has 2 N–H and O–H groups in total. The first-order chi connectivity index (χ1) is 11.9. The minimum Gasteiger partial charge on any atom is -0.339 e. The molecule has 5 nitrogen and oxygen atoms in total. The minimum absolute atomic E-state index is 0.0442. The van der Waals surface area contributed by atoms with Gasteiger partial charge in [-0.2, -0.15) is 0 Å². The molecule has 0 atom stereocenters. The smallest absolute Gasteiger partial charge is 0.265 e. The Bertz CT molecular complexity index is 993. The third-order valence-corrected chi connectivity index (χ3v) is 4.66. The van der Waals surface area contributed by atoms with E-state index in [9.17, 15) is 17.2 Å². The Kier molecular flexibility index (Phi) is 4.62. The van der Waals surface area contributed by atoms with Crippen molar-refractivity contribution in [2.75, 3.05) is 10.0 Å². The van der Waals surface area contributed by atoms with Crippen molar-refractivity contribution >= 4 is 27.2 Å². The summed E-state index contributed by atoms with van der Waals surface area (Å²) in [6.07, 6.45) is 1.42. The van der Waals surface area contributed by atoms with Gasteiger partial charge in [-0.05, 0) is 54.6 Å². The van der Waals surface area contributed by atoms with E-state index in [1.165, 1.54) is 48.7 Å². The van der Waals surface area contributed by atoms with Crippen LogP contribution in [0.3, 0.4) is 0 Å². The predicted molar refractivity (Wildman–Crippen MR) is 91.1 cm³/mol. The Morgan fingerprint density at radius 1 is 0.840 bits per heavy atom. The van der Waals surface area contributed by atoms with E-state index >= 15 is 0 Å². The Morgan fingerprint density at radius 2 is 1.60 bits per heavy atom. The molecule has 0 aliphatic rings. The monoisotopic (exact) mass is 361 g/mol. The number of halogens is 2. The van der Waals surface area contributed by atoms with Crippen LogP contribution in [0.1, 0.15) is 0 Å². The summed E-state index contributed by atoms with van der Waals surface area (Å²) < 4.78 is 53.8. The molecule has 3 rings (SSSR count). The number of nitrogens with one attached hydrogen (secondary N) is 2. The summed E-state index contributed by atoms with van der Waals surface area (Å²) >= 11 is 0. The maximum absolute atomic E-state index is 13.3. The molecule has 1 heterocycles. The number of anilines is 3. The molecule has 0 bridgehead atoms. The van der Waals surface area contributed by atoms with Crippen LogP contribution in [0.25, 0.3) is 0 Å². The lowest BCUT2D eigenvalue weighted by Crippen LogP contribution is -2.15. The molecule has 2 aromatic carbocycles. The van der Waals surface area contributed by atoms with Gasteiger partial charge in [0.05, 0.1) is 0 Å². The molecule has 8 heteroatoms. The summed E-state index contributed by atoms with van der Waals surface area (Å²) in [6, 6.07) is 13.3. The second-order valence-corrected chi connectivity index (χ2v) is 6.75. The van der Waals surface area contributed by atoms with E-state index < -0.39 is 21.7 Å². The first-order valence-electron chi connectivity index (χ1n) is 7.20. The third-order valence-electron chi connectivity index (χ3n) is 3.24. The van der Waals surface area contributed by atoms with Gasteiger partial charge in [0.25, 0.3) is 10.0 Å². The lowest BCUT2D eigenvalue weighted by molar-refractivity contribution is 0.601.